The molecule has 3 aromatic heterocycles. The number of pyridine rings is 1. The second-order valence-corrected chi connectivity index (χ2v) is 10.5. The molecule has 18 heteroatoms. The number of aromatic nitrogens is 5. The summed E-state index contributed by atoms with van der Waals surface area (Å²) in [5.41, 5.74) is -0.980. The van der Waals surface area contributed by atoms with Crippen LogP contribution in [0, 0.1) is 0 Å². The number of hydrogen-bond donors (Lipinski definition) is 0. The van der Waals surface area contributed by atoms with Crippen molar-refractivity contribution in [2.24, 2.45) is 14.1 Å². The van der Waals surface area contributed by atoms with Crippen LogP contribution in [0.15, 0.2) is 40.4 Å². The summed E-state index contributed by atoms with van der Waals surface area (Å²) in [6.45, 7) is 2.32. The minimum Gasteiger partial charge on any atom is -0.464 e. The summed E-state index contributed by atoms with van der Waals surface area (Å²) in [7, 11) is 3.02. The van der Waals surface area contributed by atoms with Gasteiger partial charge in [0.15, 0.2) is 29.7 Å². The van der Waals surface area contributed by atoms with E-state index in [9.17, 15) is 33.6 Å². The molecule has 0 bridgehead atoms. The smallest absolute Gasteiger partial charge is 0.344 e. The van der Waals surface area contributed by atoms with Gasteiger partial charge in [0.05, 0.1) is 19.5 Å². The maximum atomic E-state index is 12.8. The summed E-state index contributed by atoms with van der Waals surface area (Å²) in [6, 6.07) is 2.98. The number of nitrogens with zero attached hydrogens (tertiary/aromatic N) is 5. The Labute approximate surface area is 266 Å². The van der Waals surface area contributed by atoms with Crippen molar-refractivity contribution in [1.29, 1.82) is 0 Å². The lowest BCUT2D eigenvalue weighted by Gasteiger charge is -2.21. The Bertz CT molecular complexity index is 1810. The largest absolute Gasteiger partial charge is 0.464 e. The number of esters is 5. The van der Waals surface area contributed by atoms with E-state index in [2.05, 4.69) is 4.98 Å². The van der Waals surface area contributed by atoms with Gasteiger partial charge in [0.2, 0.25) is 6.10 Å². The molecule has 2 unspecified atom stereocenters. The Morgan fingerprint density at radius 1 is 0.936 bits per heavy atom. The van der Waals surface area contributed by atoms with Gasteiger partial charge in [0.25, 0.3) is 5.56 Å². The van der Waals surface area contributed by atoms with E-state index in [0.717, 1.165) is 16.1 Å². The van der Waals surface area contributed by atoms with Crippen LogP contribution in [0.2, 0.25) is 0 Å². The third-order valence-corrected chi connectivity index (χ3v) is 6.97. The number of imidazole rings is 1. The number of ether oxygens (including phenoxy) is 6. The Balaban J connectivity index is 1.35. The van der Waals surface area contributed by atoms with Gasteiger partial charge in [-0.25, -0.2) is 19.1 Å². The molecular weight excluding hydrogens is 626 g/mol. The topological polar surface area (TPSA) is 206 Å². The van der Waals surface area contributed by atoms with E-state index in [0.29, 0.717) is 0 Å². The van der Waals surface area contributed by atoms with Crippen LogP contribution in [0.5, 0.6) is 0 Å². The molecule has 3 aromatic rings. The molecule has 0 amide bonds. The van der Waals surface area contributed by atoms with Gasteiger partial charge in [-0.3, -0.25) is 28.5 Å². The minimum absolute atomic E-state index is 0.0860. The lowest BCUT2D eigenvalue weighted by atomic mass is 10.1. The van der Waals surface area contributed by atoms with Crippen LogP contribution in [0.3, 0.4) is 0 Å². The molecule has 0 spiro atoms. The van der Waals surface area contributed by atoms with Gasteiger partial charge in [-0.05, 0) is 6.07 Å². The fourth-order valence-corrected chi connectivity index (χ4v) is 4.91. The first-order valence-corrected chi connectivity index (χ1v) is 14.4. The highest BCUT2D eigenvalue weighted by molar-refractivity contribution is 5.88. The molecule has 1 saturated heterocycles. The summed E-state index contributed by atoms with van der Waals surface area (Å²) in [6.07, 6.45) is 0.0796. The quantitative estimate of drug-likeness (QED) is 0.0972. The van der Waals surface area contributed by atoms with Crippen LogP contribution < -0.4 is 15.8 Å². The third kappa shape index (κ3) is 8.07. The van der Waals surface area contributed by atoms with Crippen LogP contribution in [0.1, 0.15) is 43.8 Å². The second-order valence-electron chi connectivity index (χ2n) is 10.5. The molecule has 47 heavy (non-hydrogen) atoms. The molecule has 0 N–H and O–H groups in total. The molecule has 4 rings (SSSR count). The summed E-state index contributed by atoms with van der Waals surface area (Å²) in [4.78, 5) is 89.6. The van der Waals surface area contributed by atoms with Crippen molar-refractivity contribution < 1.29 is 57.0 Å². The number of rotatable bonds is 12. The van der Waals surface area contributed by atoms with Gasteiger partial charge in [-0.15, -0.1) is 0 Å². The monoisotopic (exact) mass is 660 g/mol. The fourth-order valence-electron chi connectivity index (χ4n) is 4.91. The molecule has 4 heterocycles. The maximum absolute atomic E-state index is 12.8. The number of carbonyl (C=O) groups excluding carboxylic acids is 5. The normalized spacial score (nSPS) is 18.8. The van der Waals surface area contributed by atoms with Crippen molar-refractivity contribution in [2.45, 2.75) is 58.3 Å². The van der Waals surface area contributed by atoms with Gasteiger partial charge < -0.3 is 33.0 Å². The van der Waals surface area contributed by atoms with E-state index >= 15 is 0 Å². The highest BCUT2D eigenvalue weighted by Gasteiger charge is 2.54. The van der Waals surface area contributed by atoms with Crippen molar-refractivity contribution in [3.8, 4) is 0 Å². The summed E-state index contributed by atoms with van der Waals surface area (Å²) in [5, 5.41) is 0. The van der Waals surface area contributed by atoms with E-state index in [-0.39, 0.29) is 43.0 Å². The van der Waals surface area contributed by atoms with Gasteiger partial charge in [0.1, 0.15) is 24.8 Å². The van der Waals surface area contributed by atoms with Crippen molar-refractivity contribution in [2.75, 3.05) is 19.8 Å². The molecular formula is C29H34N5O13+. The van der Waals surface area contributed by atoms with Crippen LogP contribution in [-0.2, 0) is 68.2 Å². The Morgan fingerprint density at radius 3 is 2.30 bits per heavy atom. The van der Waals surface area contributed by atoms with Crippen LogP contribution >= 0.6 is 0 Å². The number of aryl methyl sites for hydroxylation is 2. The Kier molecular flexibility index (Phi) is 10.9. The van der Waals surface area contributed by atoms with E-state index < -0.39 is 72.2 Å². The average Bonchev–Trinajstić information content (AvgIpc) is 3.56. The number of carbonyl (C=O) groups is 5. The Hall–Kier alpha value is -5.39. The van der Waals surface area contributed by atoms with Gasteiger partial charge in [0, 0.05) is 47.4 Å². The first-order chi connectivity index (χ1) is 22.3. The molecule has 0 radical (unpaired) electrons. The summed E-state index contributed by atoms with van der Waals surface area (Å²) >= 11 is 0. The van der Waals surface area contributed by atoms with Crippen molar-refractivity contribution in [3.05, 3.63) is 57.3 Å². The van der Waals surface area contributed by atoms with Crippen molar-refractivity contribution in [1.82, 2.24) is 18.7 Å². The number of hydrogen-bond acceptors (Lipinski definition) is 14. The van der Waals surface area contributed by atoms with Crippen molar-refractivity contribution >= 4 is 41.0 Å². The molecule has 0 aliphatic carbocycles. The van der Waals surface area contributed by atoms with Crippen molar-refractivity contribution in [3.63, 3.8) is 0 Å². The minimum atomic E-state index is -1.15. The molecule has 252 valence electrons. The maximum Gasteiger partial charge on any atom is 0.344 e. The molecule has 1 aliphatic rings. The molecule has 4 atom stereocenters. The zero-order valence-corrected chi connectivity index (χ0v) is 26.3. The highest BCUT2D eigenvalue weighted by atomic mass is 16.7. The lowest BCUT2D eigenvalue weighted by molar-refractivity contribution is -0.765. The van der Waals surface area contributed by atoms with E-state index in [1.165, 1.54) is 60.9 Å². The summed E-state index contributed by atoms with van der Waals surface area (Å²) in [5.74, 6) is -3.53. The van der Waals surface area contributed by atoms with Crippen LogP contribution in [0.4, 0.5) is 0 Å². The second kappa shape index (κ2) is 14.8. The van der Waals surface area contributed by atoms with Crippen LogP contribution in [0.25, 0.3) is 11.2 Å². The first-order valence-electron chi connectivity index (χ1n) is 14.4. The van der Waals surface area contributed by atoms with Gasteiger partial charge >= 0.3 is 41.8 Å². The zero-order valence-electron chi connectivity index (χ0n) is 26.3. The molecule has 0 saturated carbocycles. The average molecular weight is 661 g/mol. The molecule has 1 aliphatic heterocycles. The third-order valence-electron chi connectivity index (χ3n) is 6.97. The predicted molar refractivity (Wildman–Crippen MR) is 154 cm³/mol. The molecule has 0 aromatic carbocycles. The van der Waals surface area contributed by atoms with E-state index in [1.54, 1.807) is 7.05 Å². The van der Waals surface area contributed by atoms with Crippen LogP contribution in [-0.4, -0.2) is 86.7 Å². The molecule has 18 nitrogen and oxygen atoms in total. The van der Waals surface area contributed by atoms with E-state index in [1.807, 2.05) is 0 Å². The fraction of sp³-hybridized carbons (Fsp3) is 0.483. The number of fused-ring (bicyclic) bond motifs is 1. The molecule has 1 fully saturated rings. The van der Waals surface area contributed by atoms with Gasteiger partial charge in [-0.1, -0.05) is 0 Å². The zero-order chi connectivity index (χ0) is 34.4. The Morgan fingerprint density at radius 2 is 1.62 bits per heavy atom. The van der Waals surface area contributed by atoms with E-state index in [4.69, 9.17) is 28.4 Å². The lowest BCUT2D eigenvalue weighted by Crippen LogP contribution is -2.48. The predicted octanol–water partition coefficient (Wildman–Crippen LogP) is -1.16. The standard InChI is InChI=1S/C29H34N5O13/c1-16(35)44-14-20-23(45-17(2)36)24(46-18(3)37)27(47-20)33-9-6-8-19(12-33)28(40)43-11-7-10-42-21(38)13-34-26(39)22-25(30-15-31(22)4)32(5)29(34)41/h6,8-9,12,15,20,23-24,27H,7,10-11,13-14H2,1-5H3/q+1/t20?,23-,24-,27?/m1/s1. The summed E-state index contributed by atoms with van der Waals surface area (Å²) < 4.78 is 37.0. The van der Waals surface area contributed by atoms with Gasteiger partial charge in [-0.2, -0.15) is 4.57 Å². The SMILES string of the molecule is CC(=O)OCC1OC([n+]2cccc(C(=O)OCCCOC(=O)Cn3c(=O)c4c(ncn4C)n(C)c3=O)c2)[C@H](OC(C)=O)[C@@H]1OC(C)=O. The first kappa shape index (κ1) is 34.5. The highest BCUT2D eigenvalue weighted by Crippen LogP contribution is 2.31.